The van der Waals surface area contributed by atoms with Gasteiger partial charge in [-0.2, -0.15) is 0 Å². The summed E-state index contributed by atoms with van der Waals surface area (Å²) in [5, 5.41) is 9.33. The lowest BCUT2D eigenvalue weighted by Gasteiger charge is -2.23. The molecular formula is C16H15BrN2O4. The van der Waals surface area contributed by atoms with E-state index < -0.39 is 29.6 Å². The summed E-state index contributed by atoms with van der Waals surface area (Å²) in [7, 11) is 0. The molecule has 2 aliphatic rings. The highest BCUT2D eigenvalue weighted by atomic mass is 79.9. The predicted molar refractivity (Wildman–Crippen MR) is 85.1 cm³/mol. The summed E-state index contributed by atoms with van der Waals surface area (Å²) in [6.45, 7) is 0. The van der Waals surface area contributed by atoms with E-state index in [4.69, 9.17) is 0 Å². The molecule has 2 bridgehead atoms. The van der Waals surface area contributed by atoms with Crippen LogP contribution < -0.4 is 10.9 Å². The lowest BCUT2D eigenvalue weighted by molar-refractivity contribution is -0.148. The quantitative estimate of drug-likeness (QED) is 0.551. The number of nitrogens with one attached hydrogen (secondary N) is 2. The summed E-state index contributed by atoms with van der Waals surface area (Å²) in [6.07, 6.45) is 4.44. The highest BCUT2D eigenvalue weighted by molar-refractivity contribution is 9.10. The molecule has 0 saturated heterocycles. The number of carboxylic acid groups (broad SMARTS) is 1. The maximum Gasteiger partial charge on any atom is 0.307 e. The second-order valence-corrected chi connectivity index (χ2v) is 6.71. The Labute approximate surface area is 141 Å². The van der Waals surface area contributed by atoms with Crippen LogP contribution in [-0.4, -0.2) is 22.9 Å². The number of benzene rings is 1. The zero-order valence-electron chi connectivity index (χ0n) is 12.0. The van der Waals surface area contributed by atoms with Gasteiger partial charge >= 0.3 is 5.97 Å². The molecule has 3 N–H and O–H groups in total. The lowest BCUT2D eigenvalue weighted by atomic mass is 9.82. The number of allylic oxidation sites excluding steroid dienone is 2. The minimum Gasteiger partial charge on any atom is -0.481 e. The number of hydrazine groups is 1. The van der Waals surface area contributed by atoms with E-state index in [2.05, 4.69) is 26.8 Å². The number of carbonyl (C=O) groups excluding carboxylic acids is 2. The van der Waals surface area contributed by atoms with Gasteiger partial charge < -0.3 is 5.11 Å². The van der Waals surface area contributed by atoms with Crippen molar-refractivity contribution in [1.82, 2.24) is 10.9 Å². The van der Waals surface area contributed by atoms with E-state index in [-0.39, 0.29) is 11.8 Å². The first-order valence-electron chi connectivity index (χ1n) is 7.24. The van der Waals surface area contributed by atoms with Crippen molar-refractivity contribution in [2.75, 3.05) is 0 Å². The number of halogens is 1. The molecule has 0 aromatic heterocycles. The van der Waals surface area contributed by atoms with Gasteiger partial charge in [0.2, 0.25) is 5.91 Å². The van der Waals surface area contributed by atoms with Gasteiger partial charge in [0.05, 0.1) is 11.8 Å². The van der Waals surface area contributed by atoms with E-state index in [0.717, 1.165) is 4.47 Å². The van der Waals surface area contributed by atoms with Crippen LogP contribution in [0.15, 0.2) is 40.9 Å². The maximum absolute atomic E-state index is 12.3. The molecule has 6 nitrogen and oxygen atoms in total. The highest BCUT2D eigenvalue weighted by Gasteiger charge is 2.51. The summed E-state index contributed by atoms with van der Waals surface area (Å²) >= 11 is 3.27. The monoisotopic (exact) mass is 378 g/mol. The number of amides is 2. The molecule has 1 saturated carbocycles. The topological polar surface area (TPSA) is 95.5 Å². The van der Waals surface area contributed by atoms with Crippen molar-refractivity contribution >= 4 is 33.7 Å². The Balaban J connectivity index is 1.64. The summed E-state index contributed by atoms with van der Waals surface area (Å²) in [5.74, 6) is -3.45. The fourth-order valence-corrected chi connectivity index (χ4v) is 3.82. The summed E-state index contributed by atoms with van der Waals surface area (Å²) < 4.78 is 0.751. The van der Waals surface area contributed by atoms with Crippen molar-refractivity contribution in [3.8, 4) is 0 Å². The van der Waals surface area contributed by atoms with Crippen LogP contribution in [0.25, 0.3) is 0 Å². The van der Waals surface area contributed by atoms with E-state index in [1.165, 1.54) is 0 Å². The summed E-state index contributed by atoms with van der Waals surface area (Å²) in [5.41, 5.74) is 5.10. The second-order valence-electron chi connectivity index (χ2n) is 5.79. The number of aliphatic carboxylic acids is 1. The van der Waals surface area contributed by atoms with Gasteiger partial charge in [-0.25, -0.2) is 0 Å². The first-order chi connectivity index (χ1) is 11.0. The molecule has 0 aliphatic heterocycles. The largest absolute Gasteiger partial charge is 0.481 e. The van der Waals surface area contributed by atoms with Gasteiger partial charge in [0, 0.05) is 10.0 Å². The zero-order valence-corrected chi connectivity index (χ0v) is 13.6. The molecule has 120 valence electrons. The average molecular weight is 379 g/mol. The molecular weight excluding hydrogens is 364 g/mol. The van der Waals surface area contributed by atoms with E-state index in [1.807, 2.05) is 12.2 Å². The molecule has 1 aromatic carbocycles. The molecule has 4 unspecified atom stereocenters. The Morgan fingerprint density at radius 1 is 1.09 bits per heavy atom. The molecule has 2 amide bonds. The molecule has 4 atom stereocenters. The van der Waals surface area contributed by atoms with Crippen LogP contribution >= 0.6 is 15.9 Å². The molecule has 2 aliphatic carbocycles. The number of carboxylic acids is 1. The van der Waals surface area contributed by atoms with Gasteiger partial charge in [-0.3, -0.25) is 25.2 Å². The number of hydrogen-bond donors (Lipinski definition) is 3. The number of hydrogen-bond acceptors (Lipinski definition) is 3. The van der Waals surface area contributed by atoms with Crippen LogP contribution in [0.3, 0.4) is 0 Å². The van der Waals surface area contributed by atoms with Crippen molar-refractivity contribution in [1.29, 1.82) is 0 Å². The number of rotatable bonds is 3. The fraction of sp³-hybridized carbons (Fsp3) is 0.312. The van der Waals surface area contributed by atoms with Crippen molar-refractivity contribution < 1.29 is 19.5 Å². The van der Waals surface area contributed by atoms with E-state index in [9.17, 15) is 19.5 Å². The zero-order chi connectivity index (χ0) is 16.6. The SMILES string of the molecule is O=C(NNC(=O)C1C2C=CC(C2)C1C(=O)O)c1cccc(Br)c1. The minimum atomic E-state index is -0.972. The van der Waals surface area contributed by atoms with Crippen molar-refractivity contribution in [2.45, 2.75) is 6.42 Å². The Kier molecular flexibility index (Phi) is 4.21. The standard InChI is InChI=1S/C16H15BrN2O4/c17-11-3-1-2-10(7-11)14(20)18-19-15(21)12-8-4-5-9(6-8)13(12)16(22)23/h1-5,7-9,12-13H,6H2,(H,18,20)(H,19,21)(H,22,23). The third-order valence-corrected chi connectivity index (χ3v) is 4.93. The van der Waals surface area contributed by atoms with Crippen LogP contribution in [0.4, 0.5) is 0 Å². The smallest absolute Gasteiger partial charge is 0.307 e. The normalized spacial score (nSPS) is 27.7. The van der Waals surface area contributed by atoms with Crippen molar-refractivity contribution in [3.05, 3.63) is 46.5 Å². The lowest BCUT2D eigenvalue weighted by Crippen LogP contribution is -2.48. The van der Waals surface area contributed by atoms with Gasteiger partial charge in [0.15, 0.2) is 0 Å². The van der Waals surface area contributed by atoms with Crippen molar-refractivity contribution in [3.63, 3.8) is 0 Å². The Morgan fingerprint density at radius 3 is 2.43 bits per heavy atom. The molecule has 1 fully saturated rings. The first kappa shape index (κ1) is 15.7. The van der Waals surface area contributed by atoms with Gasteiger partial charge in [-0.05, 0) is 36.5 Å². The highest BCUT2D eigenvalue weighted by Crippen LogP contribution is 2.48. The van der Waals surface area contributed by atoms with Crippen LogP contribution in [-0.2, 0) is 9.59 Å². The minimum absolute atomic E-state index is 0.0797. The second kappa shape index (κ2) is 6.16. The molecule has 0 spiro atoms. The van der Waals surface area contributed by atoms with Crippen molar-refractivity contribution in [2.24, 2.45) is 23.7 Å². The Bertz CT molecular complexity index is 703. The van der Waals surface area contributed by atoms with Gasteiger partial charge in [0.25, 0.3) is 5.91 Å². The maximum atomic E-state index is 12.3. The van der Waals surface area contributed by atoms with E-state index in [0.29, 0.717) is 12.0 Å². The fourth-order valence-electron chi connectivity index (χ4n) is 3.42. The molecule has 0 heterocycles. The molecule has 23 heavy (non-hydrogen) atoms. The molecule has 1 aromatic rings. The Morgan fingerprint density at radius 2 is 1.78 bits per heavy atom. The molecule has 3 rings (SSSR count). The molecule has 0 radical (unpaired) electrons. The first-order valence-corrected chi connectivity index (χ1v) is 8.03. The van der Waals surface area contributed by atoms with E-state index >= 15 is 0 Å². The van der Waals surface area contributed by atoms with Crippen LogP contribution in [0.5, 0.6) is 0 Å². The third-order valence-electron chi connectivity index (χ3n) is 4.43. The summed E-state index contributed by atoms with van der Waals surface area (Å²) in [6, 6.07) is 6.74. The Hall–Kier alpha value is -2.15. The van der Waals surface area contributed by atoms with Gasteiger partial charge in [-0.1, -0.05) is 34.1 Å². The van der Waals surface area contributed by atoms with Crippen LogP contribution in [0, 0.1) is 23.7 Å². The van der Waals surface area contributed by atoms with Crippen LogP contribution in [0.2, 0.25) is 0 Å². The van der Waals surface area contributed by atoms with E-state index in [1.54, 1.807) is 24.3 Å². The summed E-state index contributed by atoms with van der Waals surface area (Å²) in [4.78, 5) is 35.7. The van der Waals surface area contributed by atoms with Gasteiger partial charge in [0.1, 0.15) is 0 Å². The molecule has 7 heteroatoms. The predicted octanol–water partition coefficient (Wildman–Crippen LogP) is 1.73. The average Bonchev–Trinajstić information content (AvgIpc) is 3.13. The number of fused-ring (bicyclic) bond motifs is 2. The van der Waals surface area contributed by atoms with Gasteiger partial charge in [-0.15, -0.1) is 0 Å². The third kappa shape index (κ3) is 3.01. The van der Waals surface area contributed by atoms with Crippen LogP contribution in [0.1, 0.15) is 16.8 Å². The number of carbonyl (C=O) groups is 3.